The molecule has 1 saturated heterocycles. The molecule has 1 aromatic heterocycles. The van der Waals surface area contributed by atoms with Gasteiger partial charge in [-0.3, -0.25) is 4.79 Å². The number of benzene rings is 1. The van der Waals surface area contributed by atoms with Crippen LogP contribution in [-0.4, -0.2) is 28.9 Å². The summed E-state index contributed by atoms with van der Waals surface area (Å²) >= 11 is 1.82. The average molecular weight is 338 g/mol. The van der Waals surface area contributed by atoms with Gasteiger partial charge in [0.25, 0.3) is 0 Å². The van der Waals surface area contributed by atoms with Crippen molar-refractivity contribution in [1.29, 1.82) is 0 Å². The molecule has 24 heavy (non-hydrogen) atoms. The first-order valence-corrected chi connectivity index (χ1v) is 9.92. The lowest BCUT2D eigenvalue weighted by Gasteiger charge is -2.34. The summed E-state index contributed by atoms with van der Waals surface area (Å²) in [7, 11) is 0. The Bertz CT molecular complexity index is 770. The molecule has 0 N–H and O–H groups in total. The zero-order chi connectivity index (χ0) is 16.1. The number of fused-ring (bicyclic) bond motifs is 3. The van der Waals surface area contributed by atoms with Gasteiger partial charge in [-0.05, 0) is 49.7 Å². The molecule has 0 radical (unpaired) electrons. The highest BCUT2D eigenvalue weighted by molar-refractivity contribution is 7.18. The van der Waals surface area contributed by atoms with Gasteiger partial charge in [0, 0.05) is 24.9 Å². The van der Waals surface area contributed by atoms with Crippen molar-refractivity contribution in [3.05, 3.63) is 41.4 Å². The normalized spacial score (nSPS) is 29.7. The van der Waals surface area contributed by atoms with E-state index in [9.17, 15) is 4.79 Å². The zero-order valence-corrected chi connectivity index (χ0v) is 14.5. The molecule has 3 atom stereocenters. The molecule has 1 saturated carbocycles. The number of thiazole rings is 1. The molecule has 1 amide bonds. The number of allylic oxidation sites excluding steroid dienone is 2. The highest BCUT2D eigenvalue weighted by atomic mass is 32.1. The Balaban J connectivity index is 1.25. The Labute approximate surface area is 146 Å². The van der Waals surface area contributed by atoms with Crippen molar-refractivity contribution in [3.63, 3.8) is 0 Å². The quantitative estimate of drug-likeness (QED) is 0.768. The van der Waals surface area contributed by atoms with Crippen molar-refractivity contribution in [2.45, 2.75) is 31.6 Å². The first-order valence-electron chi connectivity index (χ1n) is 9.10. The summed E-state index contributed by atoms with van der Waals surface area (Å²) in [5.74, 6) is 2.38. The topological polar surface area (TPSA) is 33.2 Å². The number of amides is 1. The second kappa shape index (κ2) is 5.69. The van der Waals surface area contributed by atoms with Crippen molar-refractivity contribution < 1.29 is 4.79 Å². The van der Waals surface area contributed by atoms with E-state index in [0.29, 0.717) is 23.7 Å². The third kappa shape index (κ3) is 2.39. The lowest BCUT2D eigenvalue weighted by atomic mass is 9.90. The molecule has 2 bridgehead atoms. The largest absolute Gasteiger partial charge is 0.342 e. The SMILES string of the molecule is O=C([C@@H]1C[C@H]2C=C[C@H]1C2)N1CCC(c2nc3ccccc3s2)CC1. The Morgan fingerprint density at radius 1 is 1.12 bits per heavy atom. The van der Waals surface area contributed by atoms with Crippen molar-refractivity contribution in [2.75, 3.05) is 13.1 Å². The number of piperidine rings is 1. The number of carbonyl (C=O) groups excluding carboxylic acids is 1. The van der Waals surface area contributed by atoms with Crippen LogP contribution in [0.15, 0.2) is 36.4 Å². The van der Waals surface area contributed by atoms with Crippen LogP contribution in [0.5, 0.6) is 0 Å². The lowest BCUT2D eigenvalue weighted by molar-refractivity contribution is -0.137. The van der Waals surface area contributed by atoms with Gasteiger partial charge >= 0.3 is 0 Å². The molecule has 2 aliphatic carbocycles. The van der Waals surface area contributed by atoms with E-state index in [1.165, 1.54) is 16.1 Å². The predicted octanol–water partition coefficient (Wildman–Crippen LogP) is 4.21. The molecular weight excluding hydrogens is 316 g/mol. The van der Waals surface area contributed by atoms with Gasteiger partial charge in [-0.15, -0.1) is 11.3 Å². The van der Waals surface area contributed by atoms with Crippen LogP contribution in [0, 0.1) is 17.8 Å². The minimum Gasteiger partial charge on any atom is -0.342 e. The monoisotopic (exact) mass is 338 g/mol. The molecule has 2 fully saturated rings. The van der Waals surface area contributed by atoms with Crippen LogP contribution in [0.2, 0.25) is 0 Å². The number of hydrogen-bond donors (Lipinski definition) is 0. The van der Waals surface area contributed by atoms with Crippen LogP contribution >= 0.6 is 11.3 Å². The van der Waals surface area contributed by atoms with Crippen LogP contribution in [0.4, 0.5) is 0 Å². The summed E-state index contributed by atoms with van der Waals surface area (Å²) in [6.45, 7) is 1.80. The molecule has 1 aromatic carbocycles. The summed E-state index contributed by atoms with van der Waals surface area (Å²) in [6, 6.07) is 8.38. The van der Waals surface area contributed by atoms with E-state index in [4.69, 9.17) is 4.98 Å². The maximum absolute atomic E-state index is 12.9. The summed E-state index contributed by atoms with van der Waals surface area (Å²) in [5, 5.41) is 1.26. The van der Waals surface area contributed by atoms with Gasteiger partial charge in [-0.1, -0.05) is 24.3 Å². The maximum atomic E-state index is 12.9. The fraction of sp³-hybridized carbons (Fsp3) is 0.500. The molecular formula is C20H22N2OS. The van der Waals surface area contributed by atoms with Crippen molar-refractivity contribution in [3.8, 4) is 0 Å². The summed E-state index contributed by atoms with van der Waals surface area (Å²) < 4.78 is 1.28. The van der Waals surface area contributed by atoms with Crippen LogP contribution in [0.25, 0.3) is 10.2 Å². The van der Waals surface area contributed by atoms with Gasteiger partial charge in [0.05, 0.1) is 15.2 Å². The Hall–Kier alpha value is -1.68. The number of nitrogens with zero attached hydrogens (tertiary/aromatic N) is 2. The summed E-state index contributed by atoms with van der Waals surface area (Å²) in [4.78, 5) is 19.8. The standard InChI is InChI=1S/C20H22N2OS/c23-20(16-12-13-5-6-15(16)11-13)22-9-7-14(8-10-22)19-21-17-3-1-2-4-18(17)24-19/h1-6,13-16H,7-12H2/t13-,15-,16+/m0/s1. The van der Waals surface area contributed by atoms with Crippen LogP contribution in [-0.2, 0) is 4.79 Å². The fourth-order valence-corrected chi connectivity index (χ4v) is 5.85. The van der Waals surface area contributed by atoms with Crippen LogP contribution in [0.1, 0.15) is 36.6 Å². The number of aromatic nitrogens is 1. The van der Waals surface area contributed by atoms with Gasteiger partial charge in [0.2, 0.25) is 5.91 Å². The van der Waals surface area contributed by atoms with Crippen molar-refractivity contribution >= 4 is 27.5 Å². The molecule has 2 heterocycles. The number of hydrogen-bond acceptors (Lipinski definition) is 3. The van der Waals surface area contributed by atoms with Crippen molar-refractivity contribution in [1.82, 2.24) is 9.88 Å². The van der Waals surface area contributed by atoms with E-state index in [0.717, 1.165) is 37.9 Å². The number of carbonyl (C=O) groups is 1. The second-order valence-electron chi connectivity index (χ2n) is 7.51. The first-order chi connectivity index (χ1) is 11.8. The molecule has 5 rings (SSSR count). The smallest absolute Gasteiger partial charge is 0.226 e. The molecule has 0 spiro atoms. The highest BCUT2D eigenvalue weighted by Crippen LogP contribution is 2.44. The predicted molar refractivity (Wildman–Crippen MR) is 97.0 cm³/mol. The average Bonchev–Trinajstić information content (AvgIpc) is 3.35. The third-order valence-corrected chi connectivity index (χ3v) is 7.26. The molecule has 3 nitrogen and oxygen atoms in total. The van der Waals surface area contributed by atoms with Crippen LogP contribution < -0.4 is 0 Å². The minimum absolute atomic E-state index is 0.263. The number of rotatable bonds is 2. The fourth-order valence-electron chi connectivity index (χ4n) is 4.71. The van der Waals surface area contributed by atoms with Crippen LogP contribution in [0.3, 0.4) is 0 Å². The second-order valence-corrected chi connectivity index (χ2v) is 8.57. The molecule has 124 valence electrons. The third-order valence-electron chi connectivity index (χ3n) is 6.06. The molecule has 1 aliphatic heterocycles. The zero-order valence-electron chi connectivity index (χ0n) is 13.7. The van der Waals surface area contributed by atoms with E-state index in [-0.39, 0.29) is 5.92 Å². The Morgan fingerprint density at radius 3 is 2.67 bits per heavy atom. The lowest BCUT2D eigenvalue weighted by Crippen LogP contribution is -2.42. The molecule has 3 aliphatic rings. The Kier molecular flexibility index (Phi) is 3.47. The minimum atomic E-state index is 0.263. The van der Waals surface area contributed by atoms with E-state index < -0.39 is 0 Å². The molecule has 2 aromatic rings. The summed E-state index contributed by atoms with van der Waals surface area (Å²) in [6.07, 6.45) is 9.00. The van der Waals surface area contributed by atoms with Gasteiger partial charge in [-0.25, -0.2) is 4.98 Å². The first kappa shape index (κ1) is 14.6. The number of likely N-dealkylation sites (tertiary alicyclic amines) is 1. The number of para-hydroxylation sites is 1. The Morgan fingerprint density at radius 2 is 1.96 bits per heavy atom. The van der Waals surface area contributed by atoms with E-state index in [1.807, 2.05) is 11.3 Å². The molecule has 4 heteroatoms. The highest BCUT2D eigenvalue weighted by Gasteiger charge is 2.42. The van der Waals surface area contributed by atoms with Gasteiger partial charge < -0.3 is 4.90 Å². The van der Waals surface area contributed by atoms with Crippen molar-refractivity contribution in [2.24, 2.45) is 17.8 Å². The summed E-state index contributed by atoms with van der Waals surface area (Å²) in [5.41, 5.74) is 1.12. The van der Waals surface area contributed by atoms with Gasteiger partial charge in [-0.2, -0.15) is 0 Å². The van der Waals surface area contributed by atoms with E-state index >= 15 is 0 Å². The van der Waals surface area contributed by atoms with Gasteiger partial charge in [0.15, 0.2) is 0 Å². The van der Waals surface area contributed by atoms with Gasteiger partial charge in [0.1, 0.15) is 0 Å². The van der Waals surface area contributed by atoms with E-state index in [2.05, 4.69) is 41.3 Å². The maximum Gasteiger partial charge on any atom is 0.226 e. The van der Waals surface area contributed by atoms with E-state index in [1.54, 1.807) is 0 Å². The molecule has 0 unspecified atom stereocenters.